The molecule has 0 radical (unpaired) electrons. The normalized spacial score (nSPS) is 22.0. The summed E-state index contributed by atoms with van der Waals surface area (Å²) in [6, 6.07) is 6.13. The Bertz CT molecular complexity index is 585. The van der Waals surface area contributed by atoms with Gasteiger partial charge >= 0.3 is 5.97 Å². The molecule has 1 heterocycles. The molecule has 1 N–H and O–H groups in total. The number of aliphatic carboxylic acids is 1. The van der Waals surface area contributed by atoms with E-state index in [0.29, 0.717) is 5.56 Å². The Labute approximate surface area is 120 Å². The van der Waals surface area contributed by atoms with Crippen molar-refractivity contribution in [2.75, 3.05) is 13.2 Å². The van der Waals surface area contributed by atoms with Crippen molar-refractivity contribution < 1.29 is 24.4 Å². The number of Topliss-reactive ketones (excluding diaryl/α,β-unsaturated/α-hetero) is 1. The van der Waals surface area contributed by atoms with Crippen LogP contribution in [0.1, 0.15) is 18.4 Å². The number of carbonyl (C=O) groups excluding carboxylic acids is 1. The van der Waals surface area contributed by atoms with E-state index in [9.17, 15) is 24.8 Å². The summed E-state index contributed by atoms with van der Waals surface area (Å²) in [5.74, 6) is -1.61. The molecule has 21 heavy (non-hydrogen) atoms. The number of ketones is 1. The number of nitro benzene ring substituents is 1. The van der Waals surface area contributed by atoms with Gasteiger partial charge in [-0.3, -0.25) is 19.7 Å². The lowest BCUT2D eigenvalue weighted by Crippen LogP contribution is -2.47. The zero-order valence-electron chi connectivity index (χ0n) is 11.3. The van der Waals surface area contributed by atoms with E-state index in [2.05, 4.69) is 0 Å². The molecule has 0 bridgehead atoms. The third kappa shape index (κ3) is 2.92. The fraction of sp³-hybridized carbons (Fsp3) is 0.429. The van der Waals surface area contributed by atoms with Crippen LogP contribution in [-0.4, -0.2) is 35.0 Å². The number of carboxylic acids is 1. The number of nitrogens with zero attached hydrogens (tertiary/aromatic N) is 1. The van der Waals surface area contributed by atoms with Gasteiger partial charge in [-0.05, 0) is 12.8 Å². The number of aryl methyl sites for hydroxylation is 1. The van der Waals surface area contributed by atoms with Crippen molar-refractivity contribution in [1.29, 1.82) is 0 Å². The van der Waals surface area contributed by atoms with Crippen LogP contribution < -0.4 is 0 Å². The Morgan fingerprint density at radius 3 is 2.76 bits per heavy atom. The molecule has 7 heteroatoms. The minimum absolute atomic E-state index is 0.00792. The first-order chi connectivity index (χ1) is 9.97. The van der Waals surface area contributed by atoms with Gasteiger partial charge in [0.1, 0.15) is 5.41 Å². The average Bonchev–Trinajstić information content (AvgIpc) is 2.46. The first-order valence-electron chi connectivity index (χ1n) is 6.54. The summed E-state index contributed by atoms with van der Waals surface area (Å²) in [4.78, 5) is 33.9. The van der Waals surface area contributed by atoms with E-state index in [1.54, 1.807) is 18.2 Å². The number of rotatable bonds is 5. The van der Waals surface area contributed by atoms with Crippen LogP contribution in [0, 0.1) is 15.5 Å². The lowest BCUT2D eigenvalue weighted by Gasteiger charge is -2.31. The van der Waals surface area contributed by atoms with Gasteiger partial charge < -0.3 is 9.84 Å². The van der Waals surface area contributed by atoms with Gasteiger partial charge in [-0.1, -0.05) is 18.2 Å². The third-order valence-corrected chi connectivity index (χ3v) is 3.77. The van der Waals surface area contributed by atoms with E-state index >= 15 is 0 Å². The molecule has 1 atom stereocenters. The summed E-state index contributed by atoms with van der Waals surface area (Å²) < 4.78 is 5.15. The molecule has 7 nitrogen and oxygen atoms in total. The molecule has 1 aromatic carbocycles. The molecule has 0 saturated carbocycles. The predicted octanol–water partition coefficient (Wildman–Crippen LogP) is 1.59. The van der Waals surface area contributed by atoms with Crippen LogP contribution in [0.15, 0.2) is 24.3 Å². The number of hydrogen-bond donors (Lipinski definition) is 1. The van der Waals surface area contributed by atoms with Crippen molar-refractivity contribution in [2.45, 2.75) is 19.3 Å². The molecule has 2 rings (SSSR count). The van der Waals surface area contributed by atoms with E-state index in [1.165, 1.54) is 6.07 Å². The van der Waals surface area contributed by atoms with E-state index < -0.39 is 16.3 Å². The Morgan fingerprint density at radius 1 is 1.43 bits per heavy atom. The van der Waals surface area contributed by atoms with Gasteiger partial charge in [-0.25, -0.2) is 0 Å². The standard InChI is InChI=1S/C14H15NO6/c16-12-6-8-21-9-14(12,13(17)18)7-5-10-3-1-2-4-11(10)15(19)20/h1-4H,5-9H2,(H,17,18). The first-order valence-corrected chi connectivity index (χ1v) is 6.54. The Kier molecular flexibility index (Phi) is 4.32. The highest BCUT2D eigenvalue weighted by Crippen LogP contribution is 2.32. The van der Waals surface area contributed by atoms with Crippen molar-refractivity contribution >= 4 is 17.4 Å². The van der Waals surface area contributed by atoms with Crippen molar-refractivity contribution in [3.63, 3.8) is 0 Å². The number of carboxylic acid groups (broad SMARTS) is 1. The zero-order chi connectivity index (χ0) is 15.5. The second-order valence-electron chi connectivity index (χ2n) is 5.00. The van der Waals surface area contributed by atoms with Crippen molar-refractivity contribution in [1.82, 2.24) is 0 Å². The van der Waals surface area contributed by atoms with Crippen LogP contribution in [0.25, 0.3) is 0 Å². The number of carbonyl (C=O) groups is 2. The Morgan fingerprint density at radius 2 is 2.14 bits per heavy atom. The molecule has 1 aliphatic heterocycles. The summed E-state index contributed by atoms with van der Waals surface area (Å²) in [7, 11) is 0. The Hall–Kier alpha value is -2.28. The summed E-state index contributed by atoms with van der Waals surface area (Å²) in [6.07, 6.45) is 0.188. The van der Waals surface area contributed by atoms with Crippen LogP contribution in [0.5, 0.6) is 0 Å². The van der Waals surface area contributed by atoms with Crippen LogP contribution in [0.3, 0.4) is 0 Å². The number of para-hydroxylation sites is 1. The minimum Gasteiger partial charge on any atom is -0.480 e. The molecule has 1 aliphatic rings. The highest BCUT2D eigenvalue weighted by molar-refractivity contribution is 6.03. The quantitative estimate of drug-likeness (QED) is 0.502. The van der Waals surface area contributed by atoms with E-state index in [0.717, 1.165) is 0 Å². The molecule has 112 valence electrons. The SMILES string of the molecule is O=C(O)C1(CCc2ccccc2[N+](=O)[O-])COCCC1=O. The molecule has 1 fully saturated rings. The van der Waals surface area contributed by atoms with E-state index in [-0.39, 0.29) is 43.9 Å². The van der Waals surface area contributed by atoms with Crippen molar-refractivity contribution in [3.05, 3.63) is 39.9 Å². The van der Waals surface area contributed by atoms with Crippen LogP contribution in [0.2, 0.25) is 0 Å². The van der Waals surface area contributed by atoms with Gasteiger partial charge in [0.05, 0.1) is 18.1 Å². The highest BCUT2D eigenvalue weighted by Gasteiger charge is 2.47. The Balaban J connectivity index is 2.22. The third-order valence-electron chi connectivity index (χ3n) is 3.77. The van der Waals surface area contributed by atoms with Crippen LogP contribution in [-0.2, 0) is 20.7 Å². The summed E-state index contributed by atoms with van der Waals surface area (Å²) in [5, 5.41) is 20.3. The molecule has 0 spiro atoms. The van der Waals surface area contributed by atoms with Crippen molar-refractivity contribution in [3.8, 4) is 0 Å². The first kappa shape index (κ1) is 15.1. The maximum atomic E-state index is 12.0. The number of benzene rings is 1. The lowest BCUT2D eigenvalue weighted by molar-refractivity contribution is -0.385. The van der Waals surface area contributed by atoms with E-state index in [1.807, 2.05) is 0 Å². The second kappa shape index (κ2) is 6.01. The summed E-state index contributed by atoms with van der Waals surface area (Å²) in [5.41, 5.74) is -1.24. The molecule has 1 unspecified atom stereocenters. The van der Waals surface area contributed by atoms with Crippen LogP contribution in [0.4, 0.5) is 5.69 Å². The molecular formula is C14H15NO6. The largest absolute Gasteiger partial charge is 0.480 e. The minimum atomic E-state index is -1.60. The molecule has 1 saturated heterocycles. The van der Waals surface area contributed by atoms with Crippen LogP contribution >= 0.6 is 0 Å². The fourth-order valence-corrected chi connectivity index (χ4v) is 2.48. The molecule has 0 amide bonds. The highest BCUT2D eigenvalue weighted by atomic mass is 16.6. The van der Waals surface area contributed by atoms with Gasteiger partial charge in [0.15, 0.2) is 5.78 Å². The fourth-order valence-electron chi connectivity index (χ4n) is 2.48. The van der Waals surface area contributed by atoms with Gasteiger partial charge in [0.2, 0.25) is 0 Å². The van der Waals surface area contributed by atoms with Crippen molar-refractivity contribution in [2.24, 2.45) is 5.41 Å². The van der Waals surface area contributed by atoms with Gasteiger partial charge in [-0.2, -0.15) is 0 Å². The number of ether oxygens (including phenoxy) is 1. The van der Waals surface area contributed by atoms with Gasteiger partial charge in [0, 0.05) is 18.1 Å². The lowest BCUT2D eigenvalue weighted by atomic mass is 9.76. The molecular weight excluding hydrogens is 278 g/mol. The predicted molar refractivity (Wildman–Crippen MR) is 71.9 cm³/mol. The second-order valence-corrected chi connectivity index (χ2v) is 5.00. The smallest absolute Gasteiger partial charge is 0.319 e. The zero-order valence-corrected chi connectivity index (χ0v) is 11.3. The average molecular weight is 293 g/mol. The van der Waals surface area contributed by atoms with E-state index in [4.69, 9.17) is 4.74 Å². The monoisotopic (exact) mass is 293 g/mol. The summed E-state index contributed by atoms with van der Waals surface area (Å²) >= 11 is 0. The summed E-state index contributed by atoms with van der Waals surface area (Å²) in [6.45, 7) is 0.0428. The maximum Gasteiger partial charge on any atom is 0.319 e. The van der Waals surface area contributed by atoms with Gasteiger partial charge in [0.25, 0.3) is 5.69 Å². The maximum absolute atomic E-state index is 12.0. The molecule has 1 aromatic rings. The number of hydrogen-bond acceptors (Lipinski definition) is 5. The number of nitro groups is 1. The molecule has 0 aliphatic carbocycles. The van der Waals surface area contributed by atoms with Gasteiger partial charge in [-0.15, -0.1) is 0 Å². The topological polar surface area (TPSA) is 107 Å². The molecule has 0 aromatic heterocycles.